The molecule has 0 nitrogen and oxygen atoms in total. The number of rotatable bonds is 6. The first-order valence-electron chi connectivity index (χ1n) is 15.2. The first kappa shape index (κ1) is 32.2. The first-order valence-corrected chi connectivity index (χ1v) is 23.8. The van der Waals surface area contributed by atoms with Crippen molar-refractivity contribution in [1.82, 2.24) is 0 Å². The number of aryl methyl sites for hydroxylation is 1. The van der Waals surface area contributed by atoms with E-state index in [9.17, 15) is 0 Å². The molecule has 0 aromatic heterocycles. The fourth-order valence-corrected chi connectivity index (χ4v) is 17.4. The van der Waals surface area contributed by atoms with E-state index in [-0.39, 0.29) is 24.8 Å². The molecule has 0 N–H and O–H groups in total. The molecule has 5 aromatic rings. The van der Waals surface area contributed by atoms with Crippen molar-refractivity contribution in [2.24, 2.45) is 5.92 Å². The molecule has 216 valence electrons. The normalized spacial score (nSPS) is 16.2. The van der Waals surface area contributed by atoms with Crippen LogP contribution in [0.4, 0.5) is 0 Å². The third-order valence-electron chi connectivity index (χ3n) is 9.00. The Labute approximate surface area is 282 Å². The van der Waals surface area contributed by atoms with Crippen LogP contribution in [0.15, 0.2) is 103 Å². The Kier molecular flexibility index (Phi) is 9.75. The van der Waals surface area contributed by atoms with Gasteiger partial charge in [-0.15, -0.1) is 0 Å². The van der Waals surface area contributed by atoms with Gasteiger partial charge in [-0.3, -0.25) is 0 Å². The van der Waals surface area contributed by atoms with E-state index in [1.165, 1.54) is 49.7 Å². The molecular weight excluding hydrogens is 659 g/mol. The standard InChI is InChI=1S/C37H31.C2H7Si.2ClH.Zr/c1-23(2)20-27-22-35-31(36-24(3)18-19-25-10-4-7-13-29(25)36)15-9-17-33(35)37(27)32-16-8-14-30-28-12-6-5-11-26(28)21-34(30)32;1-3-2;;;/h4-19,21-23,37H,20H2,1-3H3;3H,1-2H3;2*1H;/q;;;;+2/p-2. The monoisotopic (exact) mass is 694 g/mol. The van der Waals surface area contributed by atoms with E-state index < -0.39 is 28.3 Å². The van der Waals surface area contributed by atoms with Crippen LogP contribution in [0.1, 0.15) is 63.2 Å². The fraction of sp³-hybridized carbons (Fsp3) is 0.231. The molecule has 2 aliphatic rings. The van der Waals surface area contributed by atoms with Gasteiger partial charge in [0, 0.05) is 0 Å². The molecule has 0 bridgehead atoms. The topological polar surface area (TPSA) is 0 Å². The van der Waals surface area contributed by atoms with Crippen molar-refractivity contribution < 1.29 is 47.2 Å². The molecule has 4 heteroatoms. The molecule has 0 aliphatic heterocycles. The van der Waals surface area contributed by atoms with Crippen LogP contribution in [0.2, 0.25) is 13.1 Å². The van der Waals surface area contributed by atoms with Crippen molar-refractivity contribution in [2.75, 3.05) is 0 Å². The van der Waals surface area contributed by atoms with Crippen molar-refractivity contribution in [3.8, 4) is 22.3 Å². The average molecular weight is 697 g/mol. The van der Waals surface area contributed by atoms with Crippen LogP contribution in [-0.2, 0) is 22.4 Å². The summed E-state index contributed by atoms with van der Waals surface area (Å²) in [4.78, 5) is 0. The van der Waals surface area contributed by atoms with Gasteiger partial charge in [-0.25, -0.2) is 0 Å². The first-order chi connectivity index (χ1) is 19.9. The molecule has 5 aromatic carbocycles. The van der Waals surface area contributed by atoms with E-state index in [4.69, 9.17) is 0 Å². The zero-order valence-electron chi connectivity index (χ0n) is 25.6. The predicted molar refractivity (Wildman–Crippen MR) is 176 cm³/mol. The van der Waals surface area contributed by atoms with Crippen molar-refractivity contribution in [1.29, 1.82) is 0 Å². The van der Waals surface area contributed by atoms with E-state index >= 15 is 0 Å². The Morgan fingerprint density at radius 2 is 1.35 bits per heavy atom. The Balaban J connectivity index is 0.00000184. The zero-order chi connectivity index (χ0) is 28.2. The van der Waals surface area contributed by atoms with E-state index in [0.717, 1.165) is 6.42 Å². The molecule has 2 aliphatic carbocycles. The van der Waals surface area contributed by atoms with Crippen LogP contribution < -0.4 is 24.8 Å². The van der Waals surface area contributed by atoms with Crippen LogP contribution in [0.3, 0.4) is 0 Å². The summed E-state index contributed by atoms with van der Waals surface area (Å²) in [5, 5.41) is 2.67. The minimum atomic E-state index is -0.626. The maximum Gasteiger partial charge on any atom is -1.00 e. The molecule has 43 heavy (non-hydrogen) atoms. The van der Waals surface area contributed by atoms with Gasteiger partial charge in [0.1, 0.15) is 0 Å². The van der Waals surface area contributed by atoms with Gasteiger partial charge in [0.05, 0.1) is 0 Å². The van der Waals surface area contributed by atoms with Gasteiger partial charge in [-0.05, 0) is 0 Å². The molecule has 0 spiro atoms. The number of hydrogen-bond donors (Lipinski definition) is 0. The number of hydrogen-bond acceptors (Lipinski definition) is 0. The predicted octanol–water partition coefficient (Wildman–Crippen LogP) is 4.53. The molecule has 0 saturated carbocycles. The maximum absolute atomic E-state index is 2.59. The van der Waals surface area contributed by atoms with Gasteiger partial charge in [-0.2, -0.15) is 0 Å². The number of halogens is 2. The Bertz CT molecular complexity index is 1840. The summed E-state index contributed by atoms with van der Waals surface area (Å²) in [6.07, 6.45) is 3.72. The van der Waals surface area contributed by atoms with Crippen molar-refractivity contribution >= 4 is 22.8 Å². The Hall–Kier alpha value is -2.22. The Morgan fingerprint density at radius 1 is 0.698 bits per heavy atom. The molecule has 0 heterocycles. The molecule has 0 amide bonds. The average Bonchev–Trinajstić information content (AvgIpc) is 3.48. The van der Waals surface area contributed by atoms with Crippen LogP contribution in [0, 0.1) is 12.8 Å². The van der Waals surface area contributed by atoms with Crippen LogP contribution >= 0.6 is 0 Å². The summed E-state index contributed by atoms with van der Waals surface area (Å²) >= 11 is -0.560. The van der Waals surface area contributed by atoms with Gasteiger partial charge < -0.3 is 24.8 Å². The molecule has 0 fully saturated rings. The number of allylic oxidation sites excluding steroid dienone is 1. The van der Waals surface area contributed by atoms with Crippen molar-refractivity contribution in [3.05, 3.63) is 136 Å². The quantitative estimate of drug-likeness (QED) is 0.229. The summed E-state index contributed by atoms with van der Waals surface area (Å²) in [5.74, 6) is 0.326. The summed E-state index contributed by atoms with van der Waals surface area (Å²) in [6.45, 7) is 12.2. The van der Waals surface area contributed by atoms with Crippen molar-refractivity contribution in [2.45, 2.75) is 49.8 Å². The second-order valence-electron chi connectivity index (χ2n) is 12.7. The second-order valence-corrected chi connectivity index (χ2v) is 27.7. The van der Waals surface area contributed by atoms with Gasteiger partial charge in [0.2, 0.25) is 0 Å². The van der Waals surface area contributed by atoms with E-state index in [1.807, 2.05) is 0 Å². The zero-order valence-corrected chi connectivity index (χ0v) is 30.7. The summed E-state index contributed by atoms with van der Waals surface area (Å²) in [7, 11) is 0. The molecular formula is C39H38Cl2SiZr. The third kappa shape index (κ3) is 5.59. The number of benzene rings is 5. The van der Waals surface area contributed by atoms with E-state index in [2.05, 4.69) is 137 Å². The third-order valence-corrected chi connectivity index (χ3v) is 18.9. The minimum absolute atomic E-state index is 0. The smallest absolute Gasteiger partial charge is 1.00 e. The summed E-state index contributed by atoms with van der Waals surface area (Å²) in [6, 6.07) is 37.2. The van der Waals surface area contributed by atoms with Gasteiger partial charge >= 0.3 is 259 Å². The number of fused-ring (bicyclic) bond motifs is 5. The SMILES string of the molecule is Cc1ccc2ccccc2c1-c1cccc2c1C=C(CC(C)C)C2c1cccc2c1[CH]([Zr+2][SiH](C)C)c1ccccc1-2.[Cl-].[Cl-]. The second kappa shape index (κ2) is 13.0. The van der Waals surface area contributed by atoms with Gasteiger partial charge in [0.25, 0.3) is 0 Å². The van der Waals surface area contributed by atoms with Crippen LogP contribution in [0.5, 0.6) is 0 Å². The van der Waals surface area contributed by atoms with Crippen molar-refractivity contribution in [3.63, 3.8) is 0 Å². The molecule has 2 unspecified atom stereocenters. The van der Waals surface area contributed by atoms with Gasteiger partial charge in [-0.1, -0.05) is 0 Å². The van der Waals surface area contributed by atoms with E-state index in [1.54, 1.807) is 22.3 Å². The molecule has 7 rings (SSSR count). The van der Waals surface area contributed by atoms with Crippen LogP contribution in [0.25, 0.3) is 39.1 Å². The molecule has 0 radical (unpaired) electrons. The van der Waals surface area contributed by atoms with E-state index in [0.29, 0.717) is 15.5 Å². The Morgan fingerprint density at radius 3 is 2.12 bits per heavy atom. The minimum Gasteiger partial charge on any atom is -1.00 e. The summed E-state index contributed by atoms with van der Waals surface area (Å²) in [5.41, 5.74) is 16.6. The maximum atomic E-state index is 2.59. The van der Waals surface area contributed by atoms with Crippen LogP contribution in [-0.4, -0.2) is 5.92 Å². The fourth-order valence-electron chi connectivity index (χ4n) is 7.48. The van der Waals surface area contributed by atoms with Gasteiger partial charge in [0.15, 0.2) is 0 Å². The molecule has 2 atom stereocenters. The largest absolute Gasteiger partial charge is 1.00 e. The summed E-state index contributed by atoms with van der Waals surface area (Å²) < 4.78 is 0.681. The molecule has 0 saturated heterocycles.